The number of nitrogens with two attached hydrogens (primary N) is 1. The van der Waals surface area contributed by atoms with E-state index in [1.165, 1.54) is 5.56 Å². The molecule has 2 heterocycles. The second-order valence-corrected chi connectivity index (χ2v) is 5.35. The number of nitrogens with zero attached hydrogens (tertiary/aromatic N) is 4. The SMILES string of the molecule is COc1cnc(-c2nn(Cc3ccccc3)c(C)c2C)nc1N. The van der Waals surface area contributed by atoms with Crippen molar-refractivity contribution < 1.29 is 4.74 Å². The first-order valence-corrected chi connectivity index (χ1v) is 7.35. The van der Waals surface area contributed by atoms with E-state index in [9.17, 15) is 0 Å². The molecular weight excluding hydrogens is 290 g/mol. The molecule has 2 N–H and O–H groups in total. The highest BCUT2D eigenvalue weighted by atomic mass is 16.5. The van der Waals surface area contributed by atoms with Crippen LogP contribution in [0.3, 0.4) is 0 Å². The van der Waals surface area contributed by atoms with Gasteiger partial charge in [0.05, 0.1) is 19.9 Å². The van der Waals surface area contributed by atoms with E-state index in [2.05, 4.69) is 27.2 Å². The molecule has 6 heteroatoms. The number of aromatic nitrogens is 4. The maximum absolute atomic E-state index is 5.88. The Morgan fingerprint density at radius 2 is 1.91 bits per heavy atom. The predicted molar refractivity (Wildman–Crippen MR) is 89.2 cm³/mol. The van der Waals surface area contributed by atoms with Crippen LogP contribution >= 0.6 is 0 Å². The minimum absolute atomic E-state index is 0.312. The van der Waals surface area contributed by atoms with Crippen molar-refractivity contribution in [2.75, 3.05) is 12.8 Å². The number of anilines is 1. The Morgan fingerprint density at radius 3 is 2.57 bits per heavy atom. The largest absolute Gasteiger partial charge is 0.491 e. The van der Waals surface area contributed by atoms with Crippen LogP contribution in [0.4, 0.5) is 5.82 Å². The lowest BCUT2D eigenvalue weighted by molar-refractivity contribution is 0.413. The fourth-order valence-corrected chi connectivity index (χ4v) is 2.41. The van der Waals surface area contributed by atoms with Crippen molar-refractivity contribution >= 4 is 5.82 Å². The van der Waals surface area contributed by atoms with Gasteiger partial charge in [0.15, 0.2) is 17.4 Å². The van der Waals surface area contributed by atoms with E-state index < -0.39 is 0 Å². The summed E-state index contributed by atoms with van der Waals surface area (Å²) in [7, 11) is 1.54. The van der Waals surface area contributed by atoms with E-state index in [1.54, 1.807) is 13.3 Å². The lowest BCUT2D eigenvalue weighted by Gasteiger charge is -2.04. The van der Waals surface area contributed by atoms with Gasteiger partial charge in [-0.1, -0.05) is 30.3 Å². The van der Waals surface area contributed by atoms with Crippen molar-refractivity contribution in [3.8, 4) is 17.3 Å². The van der Waals surface area contributed by atoms with Gasteiger partial charge in [-0.25, -0.2) is 9.97 Å². The Hall–Kier alpha value is -2.89. The zero-order valence-corrected chi connectivity index (χ0v) is 13.4. The van der Waals surface area contributed by atoms with E-state index in [-0.39, 0.29) is 0 Å². The fraction of sp³-hybridized carbons (Fsp3) is 0.235. The number of benzene rings is 1. The molecule has 2 aromatic heterocycles. The molecule has 0 radical (unpaired) electrons. The average molecular weight is 309 g/mol. The zero-order chi connectivity index (χ0) is 16.4. The van der Waals surface area contributed by atoms with Crippen LogP contribution in [-0.4, -0.2) is 26.9 Å². The quantitative estimate of drug-likeness (QED) is 0.801. The first-order valence-electron chi connectivity index (χ1n) is 7.35. The summed E-state index contributed by atoms with van der Waals surface area (Å²) < 4.78 is 7.06. The summed E-state index contributed by atoms with van der Waals surface area (Å²) in [5.74, 6) is 1.29. The van der Waals surface area contributed by atoms with Gasteiger partial charge >= 0.3 is 0 Å². The predicted octanol–water partition coefficient (Wildman–Crippen LogP) is 2.60. The molecule has 3 rings (SSSR count). The Balaban J connectivity index is 1.98. The van der Waals surface area contributed by atoms with Gasteiger partial charge in [0.2, 0.25) is 0 Å². The number of hydrogen-bond acceptors (Lipinski definition) is 5. The molecule has 0 saturated heterocycles. The lowest BCUT2D eigenvalue weighted by Crippen LogP contribution is -2.04. The van der Waals surface area contributed by atoms with Crippen LogP contribution in [0, 0.1) is 13.8 Å². The molecule has 0 saturated carbocycles. The average Bonchev–Trinajstić information content (AvgIpc) is 2.84. The summed E-state index contributed by atoms with van der Waals surface area (Å²) in [6.45, 7) is 4.77. The standard InChI is InChI=1S/C17H19N5O/c1-11-12(2)22(10-13-7-5-4-6-8-13)21-15(11)17-19-9-14(23-3)16(18)20-17/h4-9H,10H2,1-3H3,(H2,18,19,20). The van der Waals surface area contributed by atoms with E-state index in [0.717, 1.165) is 17.0 Å². The molecule has 1 aromatic carbocycles. The third-order valence-electron chi connectivity index (χ3n) is 3.90. The van der Waals surface area contributed by atoms with Gasteiger partial charge in [-0.15, -0.1) is 0 Å². The molecule has 0 atom stereocenters. The fourth-order valence-electron chi connectivity index (χ4n) is 2.41. The van der Waals surface area contributed by atoms with Crippen molar-refractivity contribution in [3.05, 3.63) is 53.3 Å². The van der Waals surface area contributed by atoms with Gasteiger partial charge in [0.25, 0.3) is 0 Å². The lowest BCUT2D eigenvalue weighted by atomic mass is 10.2. The summed E-state index contributed by atoms with van der Waals surface area (Å²) in [6, 6.07) is 10.2. The molecule has 0 amide bonds. The van der Waals surface area contributed by atoms with E-state index in [4.69, 9.17) is 10.5 Å². The summed E-state index contributed by atoms with van der Waals surface area (Å²) in [6.07, 6.45) is 1.57. The molecule has 3 aromatic rings. The number of methoxy groups -OCH3 is 1. The molecule has 118 valence electrons. The minimum atomic E-state index is 0.312. The molecule has 6 nitrogen and oxygen atoms in total. The van der Waals surface area contributed by atoms with Gasteiger partial charge in [-0.05, 0) is 19.4 Å². The number of nitrogen functional groups attached to an aromatic ring is 1. The first kappa shape index (κ1) is 15.0. The highest BCUT2D eigenvalue weighted by Gasteiger charge is 2.16. The molecule has 0 spiro atoms. The zero-order valence-electron chi connectivity index (χ0n) is 13.4. The van der Waals surface area contributed by atoms with E-state index >= 15 is 0 Å². The van der Waals surface area contributed by atoms with Crippen LogP contribution in [0.1, 0.15) is 16.8 Å². The summed E-state index contributed by atoms with van der Waals surface area (Å²) in [5, 5.41) is 4.67. The van der Waals surface area contributed by atoms with Crippen LogP contribution in [0.2, 0.25) is 0 Å². The normalized spacial score (nSPS) is 10.7. The smallest absolute Gasteiger partial charge is 0.182 e. The molecule has 0 fully saturated rings. The monoisotopic (exact) mass is 309 g/mol. The summed E-state index contributed by atoms with van der Waals surface area (Å²) in [5.41, 5.74) is 9.95. The van der Waals surface area contributed by atoms with Crippen molar-refractivity contribution in [3.63, 3.8) is 0 Å². The molecule has 0 aliphatic heterocycles. The third-order valence-corrected chi connectivity index (χ3v) is 3.90. The summed E-state index contributed by atoms with van der Waals surface area (Å²) >= 11 is 0. The van der Waals surface area contributed by atoms with Crippen LogP contribution in [-0.2, 0) is 6.54 Å². The highest BCUT2D eigenvalue weighted by Crippen LogP contribution is 2.25. The van der Waals surface area contributed by atoms with Crippen LogP contribution in [0.5, 0.6) is 5.75 Å². The van der Waals surface area contributed by atoms with Crippen LogP contribution in [0.25, 0.3) is 11.5 Å². The van der Waals surface area contributed by atoms with Crippen molar-refractivity contribution in [1.82, 2.24) is 19.7 Å². The van der Waals surface area contributed by atoms with Crippen molar-refractivity contribution in [2.45, 2.75) is 20.4 Å². The Bertz CT molecular complexity index is 827. The van der Waals surface area contributed by atoms with Crippen molar-refractivity contribution in [1.29, 1.82) is 0 Å². The molecule has 0 bridgehead atoms. The van der Waals surface area contributed by atoms with E-state index in [1.807, 2.05) is 36.7 Å². The number of rotatable bonds is 4. The summed E-state index contributed by atoms with van der Waals surface area (Å²) in [4.78, 5) is 8.61. The Kier molecular flexibility index (Phi) is 3.97. The Morgan fingerprint density at radius 1 is 1.17 bits per heavy atom. The maximum Gasteiger partial charge on any atom is 0.182 e. The molecule has 0 unspecified atom stereocenters. The minimum Gasteiger partial charge on any atom is -0.491 e. The van der Waals surface area contributed by atoms with E-state index in [0.29, 0.717) is 23.9 Å². The molecule has 0 aliphatic carbocycles. The molecule has 0 aliphatic rings. The maximum atomic E-state index is 5.88. The van der Waals surface area contributed by atoms with Crippen LogP contribution in [0.15, 0.2) is 36.5 Å². The molecule has 23 heavy (non-hydrogen) atoms. The van der Waals surface area contributed by atoms with Crippen molar-refractivity contribution in [2.24, 2.45) is 0 Å². The topological polar surface area (TPSA) is 78.9 Å². The Labute approximate surface area is 135 Å². The first-order chi connectivity index (χ1) is 11.1. The highest BCUT2D eigenvalue weighted by molar-refractivity contribution is 5.59. The van der Waals surface area contributed by atoms with Gasteiger partial charge in [-0.2, -0.15) is 5.10 Å². The number of ether oxygens (including phenoxy) is 1. The second-order valence-electron chi connectivity index (χ2n) is 5.35. The molecular formula is C17H19N5O. The van der Waals surface area contributed by atoms with Gasteiger partial charge in [0.1, 0.15) is 5.69 Å². The van der Waals surface area contributed by atoms with Gasteiger partial charge in [-0.3, -0.25) is 4.68 Å². The second kappa shape index (κ2) is 6.08. The van der Waals surface area contributed by atoms with Gasteiger partial charge < -0.3 is 10.5 Å². The third kappa shape index (κ3) is 2.88. The number of hydrogen-bond donors (Lipinski definition) is 1. The van der Waals surface area contributed by atoms with Gasteiger partial charge in [0, 0.05) is 11.3 Å². The van der Waals surface area contributed by atoms with Crippen LogP contribution < -0.4 is 10.5 Å².